The summed E-state index contributed by atoms with van der Waals surface area (Å²) in [6.45, 7) is 4.76. The third-order valence-corrected chi connectivity index (χ3v) is 10.9. The van der Waals surface area contributed by atoms with E-state index in [9.17, 15) is 0 Å². The van der Waals surface area contributed by atoms with Gasteiger partial charge < -0.3 is 4.90 Å². The van der Waals surface area contributed by atoms with Gasteiger partial charge in [-0.15, -0.1) is 11.3 Å². The van der Waals surface area contributed by atoms with Crippen LogP contribution in [0.5, 0.6) is 0 Å². The highest BCUT2D eigenvalue weighted by Crippen LogP contribution is 2.53. The Balaban J connectivity index is 1.16. The van der Waals surface area contributed by atoms with Crippen molar-refractivity contribution in [3.05, 3.63) is 163 Å². The predicted octanol–water partition coefficient (Wildman–Crippen LogP) is 12.7. The Morgan fingerprint density at radius 2 is 1.16 bits per heavy atom. The Kier molecular flexibility index (Phi) is 5.78. The summed E-state index contributed by atoms with van der Waals surface area (Å²) < 4.78 is 2.68. The second-order valence-electron chi connectivity index (χ2n) is 12.6. The van der Waals surface area contributed by atoms with Crippen LogP contribution in [0.3, 0.4) is 0 Å². The van der Waals surface area contributed by atoms with Crippen molar-refractivity contribution in [3.8, 4) is 22.3 Å². The van der Waals surface area contributed by atoms with Gasteiger partial charge in [-0.25, -0.2) is 0 Å². The van der Waals surface area contributed by atoms with E-state index in [1.165, 1.54) is 70.0 Å². The van der Waals surface area contributed by atoms with Gasteiger partial charge in [-0.05, 0) is 86.6 Å². The molecule has 0 atom stereocenters. The zero-order chi connectivity index (χ0) is 30.1. The summed E-state index contributed by atoms with van der Waals surface area (Å²) >= 11 is 1.88. The van der Waals surface area contributed by atoms with Gasteiger partial charge in [0.05, 0.1) is 0 Å². The van der Waals surface area contributed by atoms with Crippen LogP contribution in [0, 0.1) is 0 Å². The number of thiophene rings is 1. The van der Waals surface area contributed by atoms with Crippen molar-refractivity contribution in [2.24, 2.45) is 0 Å². The Labute approximate surface area is 267 Å². The molecule has 2 heteroatoms. The highest BCUT2D eigenvalue weighted by molar-refractivity contribution is 7.26. The van der Waals surface area contributed by atoms with E-state index in [0.717, 1.165) is 11.4 Å². The molecule has 1 aliphatic carbocycles. The Hall–Kier alpha value is -5.18. The topological polar surface area (TPSA) is 3.24 Å². The Bertz CT molecular complexity index is 2400. The van der Waals surface area contributed by atoms with Crippen molar-refractivity contribution >= 4 is 59.3 Å². The summed E-state index contributed by atoms with van der Waals surface area (Å²) in [5.74, 6) is 0. The van der Waals surface area contributed by atoms with Gasteiger partial charge in [0, 0.05) is 42.6 Å². The average Bonchev–Trinajstić information content (AvgIpc) is 3.58. The van der Waals surface area contributed by atoms with Gasteiger partial charge in [0.15, 0.2) is 0 Å². The smallest absolute Gasteiger partial charge is 0.0465 e. The maximum atomic E-state index is 2.42. The molecule has 0 spiro atoms. The molecule has 0 saturated carbocycles. The summed E-state index contributed by atoms with van der Waals surface area (Å²) in [5.41, 5.74) is 11.4. The molecular weight excluding hydrogens is 563 g/mol. The molecule has 0 amide bonds. The Morgan fingerprint density at radius 3 is 2.00 bits per heavy atom. The van der Waals surface area contributed by atoms with Gasteiger partial charge in [0.25, 0.3) is 0 Å². The highest BCUT2D eigenvalue weighted by Gasteiger charge is 2.37. The molecule has 1 aliphatic rings. The highest BCUT2D eigenvalue weighted by atomic mass is 32.1. The minimum atomic E-state index is -0.114. The van der Waals surface area contributed by atoms with E-state index < -0.39 is 0 Å². The van der Waals surface area contributed by atoms with Crippen LogP contribution in [0.1, 0.15) is 25.0 Å². The fraction of sp³-hybridized carbons (Fsp3) is 0.0698. The molecule has 214 valence electrons. The number of benzene rings is 7. The van der Waals surface area contributed by atoms with Gasteiger partial charge in [-0.2, -0.15) is 0 Å². The van der Waals surface area contributed by atoms with E-state index in [2.05, 4.69) is 170 Å². The molecular formula is C43H31NS. The first kappa shape index (κ1) is 26.2. The number of anilines is 3. The van der Waals surface area contributed by atoms with Crippen molar-refractivity contribution in [1.29, 1.82) is 0 Å². The van der Waals surface area contributed by atoms with E-state index in [4.69, 9.17) is 0 Å². The average molecular weight is 594 g/mol. The fourth-order valence-corrected chi connectivity index (χ4v) is 8.75. The van der Waals surface area contributed by atoms with Crippen molar-refractivity contribution in [2.45, 2.75) is 19.3 Å². The third-order valence-electron chi connectivity index (χ3n) is 9.63. The van der Waals surface area contributed by atoms with Crippen LogP contribution >= 0.6 is 11.3 Å². The lowest BCUT2D eigenvalue weighted by Crippen LogP contribution is -2.17. The van der Waals surface area contributed by atoms with Crippen LogP contribution in [0.15, 0.2) is 152 Å². The predicted molar refractivity (Wildman–Crippen MR) is 195 cm³/mol. The van der Waals surface area contributed by atoms with Gasteiger partial charge in [-0.1, -0.05) is 123 Å². The molecule has 0 bridgehead atoms. The van der Waals surface area contributed by atoms with Gasteiger partial charge in [-0.3, -0.25) is 0 Å². The van der Waals surface area contributed by atoms with Crippen LogP contribution < -0.4 is 4.90 Å². The maximum Gasteiger partial charge on any atom is 0.0465 e. The van der Waals surface area contributed by atoms with Crippen LogP contribution in [-0.4, -0.2) is 0 Å². The molecule has 9 rings (SSSR count). The number of nitrogens with zero attached hydrogens (tertiary/aromatic N) is 1. The van der Waals surface area contributed by atoms with E-state index in [-0.39, 0.29) is 5.41 Å². The third kappa shape index (κ3) is 3.99. The van der Waals surface area contributed by atoms with E-state index >= 15 is 0 Å². The van der Waals surface area contributed by atoms with Gasteiger partial charge >= 0.3 is 0 Å². The van der Waals surface area contributed by atoms with Crippen LogP contribution in [0.4, 0.5) is 17.1 Å². The molecule has 0 unspecified atom stereocenters. The largest absolute Gasteiger partial charge is 0.310 e. The normalized spacial score (nSPS) is 13.3. The SMILES string of the molecule is CC1(C)c2cc(N(c3ccccc3)c3ccc(-c4cccc5c4sc4ccccc45)cc3)ccc2-c2ccc3ccccc3c21. The van der Waals surface area contributed by atoms with E-state index in [0.29, 0.717) is 0 Å². The molecule has 0 radical (unpaired) electrons. The second-order valence-corrected chi connectivity index (χ2v) is 13.6. The lowest BCUT2D eigenvalue weighted by atomic mass is 9.80. The molecule has 8 aromatic rings. The number of hydrogen-bond donors (Lipinski definition) is 0. The zero-order valence-electron chi connectivity index (χ0n) is 25.3. The molecule has 1 heterocycles. The molecule has 0 N–H and O–H groups in total. The first-order chi connectivity index (χ1) is 22.1. The van der Waals surface area contributed by atoms with Crippen molar-refractivity contribution in [3.63, 3.8) is 0 Å². The summed E-state index contributed by atoms with van der Waals surface area (Å²) in [6, 6.07) is 55.7. The molecule has 7 aromatic carbocycles. The summed E-state index contributed by atoms with van der Waals surface area (Å²) in [7, 11) is 0. The first-order valence-corrected chi connectivity index (χ1v) is 16.4. The molecule has 0 aliphatic heterocycles. The quantitative estimate of drug-likeness (QED) is 0.196. The fourth-order valence-electron chi connectivity index (χ4n) is 7.52. The summed E-state index contributed by atoms with van der Waals surface area (Å²) in [5, 5.41) is 5.31. The second kappa shape index (κ2) is 9.92. The number of fused-ring (bicyclic) bond motifs is 8. The Morgan fingerprint density at radius 1 is 0.489 bits per heavy atom. The van der Waals surface area contributed by atoms with Crippen LogP contribution in [0.25, 0.3) is 53.2 Å². The molecule has 0 saturated heterocycles. The van der Waals surface area contributed by atoms with Crippen molar-refractivity contribution in [2.75, 3.05) is 4.90 Å². The standard InChI is InChI=1S/C43H31NS/c1-43(2)39-27-32(24-26-35(39)37-25-21-28-11-6-7-14-33(28)41(37)43)44(30-12-4-3-5-13-30)31-22-19-29(20-23-31)34-16-10-17-38-36-15-8-9-18-40(36)45-42(34)38/h3-27H,1-2H3. The monoisotopic (exact) mass is 593 g/mol. The minimum Gasteiger partial charge on any atom is -0.310 e. The minimum absolute atomic E-state index is 0.114. The number of hydrogen-bond acceptors (Lipinski definition) is 2. The summed E-state index contributed by atoms with van der Waals surface area (Å²) in [4.78, 5) is 2.39. The summed E-state index contributed by atoms with van der Waals surface area (Å²) in [6.07, 6.45) is 0. The van der Waals surface area contributed by atoms with Gasteiger partial charge in [0.2, 0.25) is 0 Å². The van der Waals surface area contributed by atoms with E-state index in [1.54, 1.807) is 0 Å². The van der Waals surface area contributed by atoms with Crippen molar-refractivity contribution in [1.82, 2.24) is 0 Å². The van der Waals surface area contributed by atoms with Crippen molar-refractivity contribution < 1.29 is 0 Å². The number of rotatable bonds is 4. The molecule has 1 nitrogen and oxygen atoms in total. The van der Waals surface area contributed by atoms with E-state index in [1.807, 2.05) is 11.3 Å². The molecule has 1 aromatic heterocycles. The van der Waals surface area contributed by atoms with Crippen LogP contribution in [-0.2, 0) is 5.41 Å². The first-order valence-electron chi connectivity index (χ1n) is 15.6. The van der Waals surface area contributed by atoms with Crippen LogP contribution in [0.2, 0.25) is 0 Å². The number of para-hydroxylation sites is 1. The lowest BCUT2D eigenvalue weighted by Gasteiger charge is -2.28. The van der Waals surface area contributed by atoms with Gasteiger partial charge in [0.1, 0.15) is 0 Å². The lowest BCUT2D eigenvalue weighted by molar-refractivity contribution is 0.666. The molecule has 0 fully saturated rings. The molecule has 45 heavy (non-hydrogen) atoms. The zero-order valence-corrected chi connectivity index (χ0v) is 26.1. The maximum absolute atomic E-state index is 2.42.